The first-order valence-corrected chi connectivity index (χ1v) is 6.19. The highest BCUT2D eigenvalue weighted by Gasteiger charge is 2.30. The van der Waals surface area contributed by atoms with Crippen molar-refractivity contribution in [3.8, 4) is 5.75 Å². The SMILES string of the molecule is CCCOc1cncc(C2(N)CCCOC2)c1. The Morgan fingerprint density at radius 1 is 1.53 bits per heavy atom. The molecule has 4 heteroatoms. The minimum atomic E-state index is -0.406. The smallest absolute Gasteiger partial charge is 0.137 e. The summed E-state index contributed by atoms with van der Waals surface area (Å²) in [6, 6.07) is 1.98. The van der Waals surface area contributed by atoms with E-state index in [0.717, 1.165) is 37.2 Å². The van der Waals surface area contributed by atoms with Gasteiger partial charge in [-0.3, -0.25) is 4.98 Å². The van der Waals surface area contributed by atoms with Crippen molar-refractivity contribution in [3.63, 3.8) is 0 Å². The average Bonchev–Trinajstić information content (AvgIpc) is 2.38. The van der Waals surface area contributed by atoms with E-state index in [-0.39, 0.29) is 0 Å². The van der Waals surface area contributed by atoms with Crippen LogP contribution < -0.4 is 10.5 Å². The van der Waals surface area contributed by atoms with Crippen LogP contribution in [0.15, 0.2) is 18.5 Å². The highest BCUT2D eigenvalue weighted by Crippen LogP contribution is 2.29. The number of rotatable bonds is 4. The van der Waals surface area contributed by atoms with E-state index in [4.69, 9.17) is 15.2 Å². The first-order valence-electron chi connectivity index (χ1n) is 6.19. The van der Waals surface area contributed by atoms with Crippen LogP contribution in [0.3, 0.4) is 0 Å². The fourth-order valence-corrected chi connectivity index (χ4v) is 2.03. The Kier molecular flexibility index (Phi) is 3.97. The Balaban J connectivity index is 2.14. The van der Waals surface area contributed by atoms with Crippen LogP contribution in [0, 0.1) is 0 Å². The Morgan fingerprint density at radius 3 is 3.12 bits per heavy atom. The van der Waals surface area contributed by atoms with Gasteiger partial charge in [0.15, 0.2) is 0 Å². The molecule has 0 aliphatic carbocycles. The third kappa shape index (κ3) is 2.96. The van der Waals surface area contributed by atoms with E-state index in [9.17, 15) is 0 Å². The minimum absolute atomic E-state index is 0.406. The Bertz CT molecular complexity index is 362. The molecule has 94 valence electrons. The van der Waals surface area contributed by atoms with E-state index in [0.29, 0.717) is 13.2 Å². The molecule has 1 fully saturated rings. The molecular weight excluding hydrogens is 216 g/mol. The molecule has 0 radical (unpaired) electrons. The number of nitrogens with zero attached hydrogens (tertiary/aromatic N) is 1. The normalized spacial score (nSPS) is 24.6. The second kappa shape index (κ2) is 5.47. The molecule has 2 N–H and O–H groups in total. The van der Waals surface area contributed by atoms with Gasteiger partial charge in [0.25, 0.3) is 0 Å². The van der Waals surface area contributed by atoms with Crippen LogP contribution in [0.25, 0.3) is 0 Å². The highest BCUT2D eigenvalue weighted by atomic mass is 16.5. The molecule has 2 heterocycles. The van der Waals surface area contributed by atoms with Crippen molar-refractivity contribution < 1.29 is 9.47 Å². The molecule has 1 aromatic rings. The summed E-state index contributed by atoms with van der Waals surface area (Å²) in [6.45, 7) is 4.15. The van der Waals surface area contributed by atoms with Crippen molar-refractivity contribution in [2.45, 2.75) is 31.7 Å². The van der Waals surface area contributed by atoms with Crippen LogP contribution in [0.2, 0.25) is 0 Å². The van der Waals surface area contributed by atoms with E-state index in [1.54, 1.807) is 6.20 Å². The standard InChI is InChI=1S/C13H20N2O2/c1-2-5-17-12-7-11(8-15-9-12)13(14)4-3-6-16-10-13/h7-9H,2-6,10,14H2,1H3. The first kappa shape index (κ1) is 12.3. The molecule has 1 unspecified atom stereocenters. The summed E-state index contributed by atoms with van der Waals surface area (Å²) in [5.74, 6) is 0.791. The highest BCUT2D eigenvalue weighted by molar-refractivity contribution is 5.29. The average molecular weight is 236 g/mol. The molecule has 0 bridgehead atoms. The lowest BCUT2D eigenvalue weighted by Gasteiger charge is -2.33. The maximum absolute atomic E-state index is 6.36. The van der Waals surface area contributed by atoms with E-state index in [1.165, 1.54) is 0 Å². The van der Waals surface area contributed by atoms with Crippen molar-refractivity contribution in [1.82, 2.24) is 4.98 Å². The van der Waals surface area contributed by atoms with Gasteiger partial charge in [-0.05, 0) is 30.9 Å². The summed E-state index contributed by atoms with van der Waals surface area (Å²) in [5, 5.41) is 0. The number of hydrogen-bond donors (Lipinski definition) is 1. The molecule has 1 aromatic heterocycles. The topological polar surface area (TPSA) is 57.4 Å². The molecule has 1 saturated heterocycles. The predicted molar refractivity (Wildman–Crippen MR) is 65.9 cm³/mol. The van der Waals surface area contributed by atoms with Gasteiger partial charge >= 0.3 is 0 Å². The van der Waals surface area contributed by atoms with E-state index in [1.807, 2.05) is 12.3 Å². The predicted octanol–water partition coefficient (Wildman–Crippen LogP) is 1.83. The van der Waals surface area contributed by atoms with Crippen LogP contribution in [0.1, 0.15) is 31.7 Å². The minimum Gasteiger partial charge on any atom is -0.492 e. The van der Waals surface area contributed by atoms with Gasteiger partial charge in [0, 0.05) is 12.8 Å². The van der Waals surface area contributed by atoms with Crippen LogP contribution in [0.4, 0.5) is 0 Å². The maximum atomic E-state index is 6.36. The summed E-state index contributed by atoms with van der Waals surface area (Å²) < 4.78 is 11.0. The van der Waals surface area contributed by atoms with E-state index >= 15 is 0 Å². The van der Waals surface area contributed by atoms with E-state index in [2.05, 4.69) is 11.9 Å². The number of ether oxygens (including phenoxy) is 2. The zero-order valence-electron chi connectivity index (χ0n) is 10.3. The summed E-state index contributed by atoms with van der Waals surface area (Å²) in [4.78, 5) is 4.20. The van der Waals surface area contributed by atoms with Gasteiger partial charge in [0.05, 0.1) is 24.9 Å². The van der Waals surface area contributed by atoms with Gasteiger partial charge in [0.2, 0.25) is 0 Å². The molecule has 17 heavy (non-hydrogen) atoms. The van der Waals surface area contributed by atoms with Gasteiger partial charge < -0.3 is 15.2 Å². The molecule has 4 nitrogen and oxygen atoms in total. The number of aromatic nitrogens is 1. The fourth-order valence-electron chi connectivity index (χ4n) is 2.03. The third-order valence-electron chi connectivity index (χ3n) is 3.03. The first-order chi connectivity index (χ1) is 8.24. The third-order valence-corrected chi connectivity index (χ3v) is 3.03. The summed E-state index contributed by atoms with van der Waals surface area (Å²) in [6.07, 6.45) is 6.46. The second-order valence-corrected chi connectivity index (χ2v) is 4.57. The summed E-state index contributed by atoms with van der Waals surface area (Å²) in [5.41, 5.74) is 6.96. The van der Waals surface area contributed by atoms with Gasteiger partial charge in [0.1, 0.15) is 5.75 Å². The van der Waals surface area contributed by atoms with Crippen LogP contribution in [0.5, 0.6) is 5.75 Å². The lowest BCUT2D eigenvalue weighted by atomic mass is 9.87. The number of hydrogen-bond acceptors (Lipinski definition) is 4. The van der Waals surface area contributed by atoms with Gasteiger partial charge in [-0.2, -0.15) is 0 Å². The lowest BCUT2D eigenvalue weighted by molar-refractivity contribution is 0.0364. The Labute approximate surface area is 102 Å². The van der Waals surface area contributed by atoms with Crippen LogP contribution >= 0.6 is 0 Å². The van der Waals surface area contributed by atoms with Crippen molar-refractivity contribution in [1.29, 1.82) is 0 Å². The molecule has 0 saturated carbocycles. The zero-order valence-corrected chi connectivity index (χ0v) is 10.3. The monoisotopic (exact) mass is 236 g/mol. The quantitative estimate of drug-likeness (QED) is 0.866. The van der Waals surface area contributed by atoms with Crippen molar-refractivity contribution in [3.05, 3.63) is 24.0 Å². The van der Waals surface area contributed by atoms with Crippen molar-refractivity contribution >= 4 is 0 Å². The maximum Gasteiger partial charge on any atom is 0.137 e. The van der Waals surface area contributed by atoms with Crippen LogP contribution in [-0.4, -0.2) is 24.8 Å². The molecule has 1 atom stereocenters. The lowest BCUT2D eigenvalue weighted by Crippen LogP contribution is -2.44. The fraction of sp³-hybridized carbons (Fsp3) is 0.615. The summed E-state index contributed by atoms with van der Waals surface area (Å²) >= 11 is 0. The van der Waals surface area contributed by atoms with Crippen molar-refractivity contribution in [2.24, 2.45) is 5.73 Å². The summed E-state index contributed by atoms with van der Waals surface area (Å²) in [7, 11) is 0. The Morgan fingerprint density at radius 2 is 2.41 bits per heavy atom. The van der Waals surface area contributed by atoms with Crippen molar-refractivity contribution in [2.75, 3.05) is 19.8 Å². The molecule has 0 spiro atoms. The number of nitrogens with two attached hydrogens (primary N) is 1. The number of pyridine rings is 1. The second-order valence-electron chi connectivity index (χ2n) is 4.57. The van der Waals surface area contributed by atoms with Crippen LogP contribution in [-0.2, 0) is 10.3 Å². The Hall–Kier alpha value is -1.13. The zero-order chi connectivity index (χ0) is 12.1. The molecule has 0 aromatic carbocycles. The molecule has 0 amide bonds. The molecular formula is C13H20N2O2. The molecule has 2 rings (SSSR count). The van der Waals surface area contributed by atoms with Gasteiger partial charge in [-0.15, -0.1) is 0 Å². The van der Waals surface area contributed by atoms with E-state index < -0.39 is 5.54 Å². The molecule has 1 aliphatic heterocycles. The molecule has 1 aliphatic rings. The van der Waals surface area contributed by atoms with Gasteiger partial charge in [-0.25, -0.2) is 0 Å². The van der Waals surface area contributed by atoms with Gasteiger partial charge in [-0.1, -0.05) is 6.92 Å². The largest absolute Gasteiger partial charge is 0.492 e.